The van der Waals surface area contributed by atoms with E-state index in [1.54, 1.807) is 12.1 Å². The van der Waals surface area contributed by atoms with Crippen LogP contribution in [0.2, 0.25) is 0 Å². The molecule has 3 rings (SSSR count). The van der Waals surface area contributed by atoms with Gasteiger partial charge in [0.15, 0.2) is 0 Å². The summed E-state index contributed by atoms with van der Waals surface area (Å²) in [5, 5.41) is 11.5. The number of hydrogen-bond donors (Lipinski definition) is 2. The van der Waals surface area contributed by atoms with Crippen molar-refractivity contribution in [1.29, 1.82) is 0 Å². The summed E-state index contributed by atoms with van der Waals surface area (Å²) in [6, 6.07) is 5.81. The molecular weight excluding hydrogens is 303 g/mol. The van der Waals surface area contributed by atoms with Crippen LogP contribution in [0.3, 0.4) is 0 Å². The minimum Gasteiger partial charge on any atom is -0.481 e. The lowest BCUT2D eigenvalue weighted by Crippen LogP contribution is -2.28. The van der Waals surface area contributed by atoms with E-state index in [0.29, 0.717) is 36.5 Å². The Balaban J connectivity index is 1.49. The van der Waals surface area contributed by atoms with Crippen LogP contribution in [0.4, 0.5) is 4.39 Å². The first-order valence-electron chi connectivity index (χ1n) is 7.25. The highest BCUT2D eigenvalue weighted by Crippen LogP contribution is 2.38. The van der Waals surface area contributed by atoms with Gasteiger partial charge < -0.3 is 14.8 Å². The van der Waals surface area contributed by atoms with Crippen molar-refractivity contribution in [2.75, 3.05) is 6.54 Å². The quantitative estimate of drug-likeness (QED) is 0.848. The molecule has 1 heterocycles. The van der Waals surface area contributed by atoms with Gasteiger partial charge in [0.1, 0.15) is 12.1 Å². The van der Waals surface area contributed by atoms with Crippen LogP contribution in [0, 0.1) is 17.7 Å². The van der Waals surface area contributed by atoms with E-state index < -0.39 is 17.8 Å². The fourth-order valence-corrected chi connectivity index (χ4v) is 2.35. The summed E-state index contributed by atoms with van der Waals surface area (Å²) >= 11 is 0. The number of hydrogen-bond acceptors (Lipinski definition) is 4. The molecule has 2 unspecified atom stereocenters. The van der Waals surface area contributed by atoms with Crippen LogP contribution in [-0.2, 0) is 16.0 Å². The number of amides is 1. The molecule has 1 aliphatic rings. The zero-order valence-corrected chi connectivity index (χ0v) is 12.2. The molecule has 2 atom stereocenters. The average Bonchev–Trinajstić information content (AvgIpc) is 3.21. The topological polar surface area (TPSA) is 92.4 Å². The van der Waals surface area contributed by atoms with Gasteiger partial charge >= 0.3 is 5.97 Å². The Morgan fingerprint density at radius 2 is 2.04 bits per heavy atom. The third-order valence-electron chi connectivity index (χ3n) is 3.77. The number of carboxylic acid groups (broad SMARTS) is 1. The van der Waals surface area contributed by atoms with Crippen molar-refractivity contribution < 1.29 is 23.5 Å². The van der Waals surface area contributed by atoms with Gasteiger partial charge in [-0.15, -0.1) is 0 Å². The SMILES string of the molecule is O=C(O)C1CC1C(=O)NCCc1coc(-c2ccc(F)cc2)n1. The molecule has 1 saturated carbocycles. The van der Waals surface area contributed by atoms with E-state index in [1.165, 1.54) is 18.4 Å². The highest BCUT2D eigenvalue weighted by atomic mass is 19.1. The van der Waals surface area contributed by atoms with E-state index in [2.05, 4.69) is 10.3 Å². The predicted octanol–water partition coefficient (Wildman–Crippen LogP) is 1.86. The van der Waals surface area contributed by atoms with E-state index >= 15 is 0 Å². The van der Waals surface area contributed by atoms with Crippen LogP contribution < -0.4 is 5.32 Å². The van der Waals surface area contributed by atoms with Crippen molar-refractivity contribution in [3.05, 3.63) is 42.0 Å². The van der Waals surface area contributed by atoms with Gasteiger partial charge in [0.05, 0.1) is 17.5 Å². The van der Waals surface area contributed by atoms with E-state index in [1.807, 2.05) is 0 Å². The Bertz CT molecular complexity index is 726. The number of aliphatic carboxylic acids is 1. The first-order chi connectivity index (χ1) is 11.0. The largest absolute Gasteiger partial charge is 0.481 e. The van der Waals surface area contributed by atoms with Crippen LogP contribution in [0.15, 0.2) is 34.9 Å². The van der Waals surface area contributed by atoms with Gasteiger partial charge in [-0.2, -0.15) is 0 Å². The summed E-state index contributed by atoms with van der Waals surface area (Å²) < 4.78 is 18.2. The lowest BCUT2D eigenvalue weighted by molar-refractivity contribution is -0.140. The Hall–Kier alpha value is -2.70. The van der Waals surface area contributed by atoms with Gasteiger partial charge in [-0.05, 0) is 30.7 Å². The van der Waals surface area contributed by atoms with Gasteiger partial charge in [0.25, 0.3) is 0 Å². The molecule has 1 aromatic carbocycles. The van der Waals surface area contributed by atoms with Crippen LogP contribution in [0.25, 0.3) is 11.5 Å². The minimum absolute atomic E-state index is 0.236. The molecule has 7 heteroatoms. The van der Waals surface area contributed by atoms with E-state index in [9.17, 15) is 14.0 Å². The molecule has 6 nitrogen and oxygen atoms in total. The second kappa shape index (κ2) is 6.20. The molecule has 0 bridgehead atoms. The smallest absolute Gasteiger partial charge is 0.307 e. The third-order valence-corrected chi connectivity index (χ3v) is 3.77. The van der Waals surface area contributed by atoms with E-state index in [4.69, 9.17) is 9.52 Å². The number of benzene rings is 1. The Kier molecular flexibility index (Phi) is 4.10. The Labute approximate surface area is 131 Å². The Morgan fingerprint density at radius 1 is 1.30 bits per heavy atom. The molecule has 1 fully saturated rings. The molecule has 0 radical (unpaired) electrons. The second-order valence-electron chi connectivity index (χ2n) is 5.48. The average molecular weight is 318 g/mol. The van der Waals surface area contributed by atoms with Crippen LogP contribution in [0.1, 0.15) is 12.1 Å². The summed E-state index contributed by atoms with van der Waals surface area (Å²) in [7, 11) is 0. The maximum Gasteiger partial charge on any atom is 0.307 e. The number of nitrogens with zero attached hydrogens (tertiary/aromatic N) is 1. The number of carbonyl (C=O) groups is 2. The molecular formula is C16H15FN2O4. The number of halogens is 1. The van der Waals surface area contributed by atoms with Crippen molar-refractivity contribution >= 4 is 11.9 Å². The number of aromatic nitrogens is 1. The van der Waals surface area contributed by atoms with Gasteiger partial charge in [0, 0.05) is 18.5 Å². The number of rotatable bonds is 6. The highest BCUT2D eigenvalue weighted by Gasteiger charge is 2.48. The van der Waals surface area contributed by atoms with Gasteiger partial charge in [-0.1, -0.05) is 0 Å². The molecule has 0 saturated heterocycles. The maximum absolute atomic E-state index is 12.9. The highest BCUT2D eigenvalue weighted by molar-refractivity contribution is 5.89. The summed E-state index contributed by atoms with van der Waals surface area (Å²) in [5.41, 5.74) is 1.33. The van der Waals surface area contributed by atoms with Crippen LogP contribution in [0.5, 0.6) is 0 Å². The number of oxazole rings is 1. The van der Waals surface area contributed by atoms with Gasteiger partial charge in [0.2, 0.25) is 11.8 Å². The molecule has 2 N–H and O–H groups in total. The van der Waals surface area contributed by atoms with Crippen LogP contribution >= 0.6 is 0 Å². The zero-order chi connectivity index (χ0) is 16.4. The van der Waals surface area contributed by atoms with E-state index in [0.717, 1.165) is 0 Å². The van der Waals surface area contributed by atoms with Crippen molar-refractivity contribution in [2.45, 2.75) is 12.8 Å². The summed E-state index contributed by atoms with van der Waals surface area (Å²) in [6.45, 7) is 0.358. The summed E-state index contributed by atoms with van der Waals surface area (Å²) in [5.74, 6) is -2.07. The number of nitrogens with one attached hydrogen (secondary N) is 1. The standard InChI is InChI=1S/C16H15FN2O4/c17-10-3-1-9(2-4-10)15-19-11(8-23-15)5-6-18-14(20)12-7-13(12)16(21)22/h1-4,8,12-13H,5-7H2,(H,18,20)(H,21,22). The maximum atomic E-state index is 12.9. The third kappa shape index (κ3) is 3.56. The molecule has 23 heavy (non-hydrogen) atoms. The fraction of sp³-hybridized carbons (Fsp3) is 0.312. The minimum atomic E-state index is -0.925. The molecule has 2 aromatic rings. The normalized spacial score (nSPS) is 19.3. The molecule has 1 aromatic heterocycles. The molecule has 1 amide bonds. The second-order valence-corrected chi connectivity index (χ2v) is 5.48. The van der Waals surface area contributed by atoms with Gasteiger partial charge in [-0.25, -0.2) is 9.37 Å². The van der Waals surface area contributed by atoms with Gasteiger partial charge in [-0.3, -0.25) is 9.59 Å². The first kappa shape index (κ1) is 15.2. The molecule has 120 valence electrons. The molecule has 1 aliphatic carbocycles. The predicted molar refractivity (Wildman–Crippen MR) is 77.8 cm³/mol. The summed E-state index contributed by atoms with van der Waals surface area (Å²) in [6.07, 6.45) is 2.36. The van der Waals surface area contributed by atoms with Crippen molar-refractivity contribution in [3.8, 4) is 11.5 Å². The number of carboxylic acids is 1. The van der Waals surface area contributed by atoms with E-state index in [-0.39, 0.29) is 11.7 Å². The lowest BCUT2D eigenvalue weighted by atomic mass is 10.2. The van der Waals surface area contributed by atoms with Crippen LogP contribution in [-0.4, -0.2) is 28.5 Å². The zero-order valence-electron chi connectivity index (χ0n) is 12.2. The summed E-state index contributed by atoms with van der Waals surface area (Å²) in [4.78, 5) is 26.7. The fourth-order valence-electron chi connectivity index (χ4n) is 2.35. The van der Waals surface area contributed by atoms with Crippen molar-refractivity contribution in [1.82, 2.24) is 10.3 Å². The monoisotopic (exact) mass is 318 g/mol. The molecule has 0 spiro atoms. The lowest BCUT2D eigenvalue weighted by Gasteiger charge is -2.02. The number of carbonyl (C=O) groups excluding carboxylic acids is 1. The van der Waals surface area contributed by atoms with Crippen molar-refractivity contribution in [2.24, 2.45) is 11.8 Å². The van der Waals surface area contributed by atoms with Crippen molar-refractivity contribution in [3.63, 3.8) is 0 Å². The first-order valence-corrected chi connectivity index (χ1v) is 7.25. The molecule has 0 aliphatic heterocycles. The Morgan fingerprint density at radius 3 is 2.70 bits per heavy atom.